The number of fused-ring (bicyclic) bond motifs is 1. The molecule has 0 spiro atoms. The maximum absolute atomic E-state index is 12.6. The average molecular weight is 377 g/mol. The number of carbonyl (C=O) groups excluding carboxylic acids is 2. The topological polar surface area (TPSA) is 75.4 Å². The molecule has 2 amide bonds. The molecule has 2 heterocycles. The summed E-state index contributed by atoms with van der Waals surface area (Å²) in [6, 6.07) is 19.4. The zero-order chi connectivity index (χ0) is 18.8. The molecule has 1 aliphatic rings. The lowest BCUT2D eigenvalue weighted by Gasteiger charge is -2.21. The maximum Gasteiger partial charge on any atom is 0.265 e. The van der Waals surface area contributed by atoms with Gasteiger partial charge in [0.15, 0.2) is 0 Å². The van der Waals surface area contributed by atoms with Crippen molar-refractivity contribution in [1.29, 1.82) is 0 Å². The van der Waals surface area contributed by atoms with E-state index in [9.17, 15) is 9.59 Å². The molecule has 0 atom stereocenters. The van der Waals surface area contributed by atoms with Gasteiger partial charge in [0.25, 0.3) is 11.8 Å². The van der Waals surface area contributed by atoms with Gasteiger partial charge in [-0.15, -0.1) is 11.3 Å². The molecule has 1 aliphatic heterocycles. The summed E-state index contributed by atoms with van der Waals surface area (Å²) >= 11 is 1.10. The summed E-state index contributed by atoms with van der Waals surface area (Å²) < 4.78 is 0. The maximum atomic E-state index is 12.6. The van der Waals surface area contributed by atoms with Crippen molar-refractivity contribution in [3.05, 3.63) is 81.5 Å². The van der Waals surface area contributed by atoms with Gasteiger partial charge < -0.3 is 16.0 Å². The van der Waals surface area contributed by atoms with E-state index < -0.39 is 5.91 Å². The van der Waals surface area contributed by atoms with E-state index in [2.05, 4.69) is 34.5 Å². The SMILES string of the molecule is NC(=O)c1ccc(C(=O)Nc2ccccc2CN2CCc3ccccc32)s1. The minimum atomic E-state index is -0.521. The zero-order valence-electron chi connectivity index (χ0n) is 14.6. The minimum absolute atomic E-state index is 0.234. The molecule has 0 bridgehead atoms. The smallest absolute Gasteiger partial charge is 0.265 e. The Hall–Kier alpha value is -3.12. The number of nitrogens with two attached hydrogens (primary N) is 1. The number of nitrogens with one attached hydrogen (secondary N) is 1. The molecule has 3 N–H and O–H groups in total. The first kappa shape index (κ1) is 17.3. The second kappa shape index (κ2) is 7.25. The molecule has 0 fully saturated rings. The van der Waals surface area contributed by atoms with Crippen LogP contribution < -0.4 is 16.0 Å². The van der Waals surface area contributed by atoms with E-state index in [-0.39, 0.29) is 5.91 Å². The number of hydrogen-bond donors (Lipinski definition) is 2. The van der Waals surface area contributed by atoms with Crippen LogP contribution in [0.25, 0.3) is 0 Å². The standard InChI is InChI=1S/C21H19N3O2S/c22-20(25)18-9-10-19(27-18)21(26)23-16-7-3-1-6-15(16)13-24-12-11-14-5-2-4-8-17(14)24/h1-10H,11-13H2,(H2,22,25)(H,23,26). The van der Waals surface area contributed by atoms with Gasteiger partial charge in [0.1, 0.15) is 0 Å². The molecule has 0 saturated carbocycles. The number of primary amides is 1. The van der Waals surface area contributed by atoms with Gasteiger partial charge in [0.05, 0.1) is 9.75 Å². The largest absolute Gasteiger partial charge is 0.367 e. The third-order valence-electron chi connectivity index (χ3n) is 4.68. The third kappa shape index (κ3) is 3.57. The summed E-state index contributed by atoms with van der Waals surface area (Å²) in [5, 5.41) is 2.97. The normalized spacial score (nSPS) is 12.7. The van der Waals surface area contributed by atoms with Gasteiger partial charge in [-0.05, 0) is 41.8 Å². The summed E-state index contributed by atoms with van der Waals surface area (Å²) in [4.78, 5) is 27.0. The highest BCUT2D eigenvalue weighted by Crippen LogP contribution is 2.30. The molecule has 27 heavy (non-hydrogen) atoms. The van der Waals surface area contributed by atoms with Crippen LogP contribution in [0.1, 0.15) is 30.5 Å². The van der Waals surface area contributed by atoms with Crippen molar-refractivity contribution in [3.63, 3.8) is 0 Å². The molecule has 4 rings (SSSR count). The van der Waals surface area contributed by atoms with E-state index in [1.54, 1.807) is 12.1 Å². The number of amides is 2. The highest BCUT2D eigenvalue weighted by molar-refractivity contribution is 7.16. The zero-order valence-corrected chi connectivity index (χ0v) is 15.5. The van der Waals surface area contributed by atoms with Crippen molar-refractivity contribution in [2.24, 2.45) is 5.73 Å². The number of carbonyl (C=O) groups is 2. The predicted octanol–water partition coefficient (Wildman–Crippen LogP) is 3.66. The fourth-order valence-electron chi connectivity index (χ4n) is 3.33. The molecule has 2 aromatic carbocycles. The van der Waals surface area contributed by atoms with E-state index in [1.165, 1.54) is 11.3 Å². The number of hydrogen-bond acceptors (Lipinski definition) is 4. The molecule has 5 nitrogen and oxygen atoms in total. The lowest BCUT2D eigenvalue weighted by molar-refractivity contribution is 0.100. The number of thiophene rings is 1. The molecule has 6 heteroatoms. The Bertz CT molecular complexity index is 1010. The molecule has 0 unspecified atom stereocenters. The first-order valence-corrected chi connectivity index (χ1v) is 9.55. The monoisotopic (exact) mass is 377 g/mol. The van der Waals surface area contributed by atoms with Gasteiger partial charge in [-0.2, -0.15) is 0 Å². The Labute approximate surface area is 161 Å². The molecule has 0 radical (unpaired) electrons. The van der Waals surface area contributed by atoms with E-state index in [0.717, 1.165) is 42.1 Å². The van der Waals surface area contributed by atoms with Gasteiger partial charge in [0.2, 0.25) is 0 Å². The number of rotatable bonds is 5. The van der Waals surface area contributed by atoms with Crippen LogP contribution in [0.2, 0.25) is 0 Å². The van der Waals surface area contributed by atoms with E-state index in [4.69, 9.17) is 5.73 Å². The second-order valence-electron chi connectivity index (χ2n) is 6.44. The van der Waals surface area contributed by atoms with Crippen LogP contribution in [0.15, 0.2) is 60.7 Å². The number of nitrogens with zero attached hydrogens (tertiary/aromatic N) is 1. The van der Waals surface area contributed by atoms with Crippen molar-refractivity contribution >= 4 is 34.5 Å². The van der Waals surface area contributed by atoms with Crippen LogP contribution in [0.4, 0.5) is 11.4 Å². The minimum Gasteiger partial charge on any atom is -0.367 e. The highest BCUT2D eigenvalue weighted by Gasteiger charge is 2.20. The van der Waals surface area contributed by atoms with E-state index in [1.807, 2.05) is 24.3 Å². The van der Waals surface area contributed by atoms with Crippen LogP contribution in [0.3, 0.4) is 0 Å². The van der Waals surface area contributed by atoms with Crippen LogP contribution >= 0.6 is 11.3 Å². The van der Waals surface area contributed by atoms with Gasteiger partial charge in [0, 0.05) is 24.5 Å². The van der Waals surface area contributed by atoms with Crippen LogP contribution in [-0.4, -0.2) is 18.4 Å². The molecule has 0 aliphatic carbocycles. The summed E-state index contributed by atoms with van der Waals surface area (Å²) in [5.74, 6) is -0.756. The van der Waals surface area contributed by atoms with E-state index >= 15 is 0 Å². The number of para-hydroxylation sites is 2. The Balaban J connectivity index is 1.53. The average Bonchev–Trinajstić information content (AvgIpc) is 3.31. The van der Waals surface area contributed by atoms with Crippen LogP contribution in [-0.2, 0) is 13.0 Å². The first-order chi connectivity index (χ1) is 13.1. The van der Waals surface area contributed by atoms with Gasteiger partial charge in [-0.1, -0.05) is 36.4 Å². The van der Waals surface area contributed by atoms with Crippen molar-refractivity contribution in [3.8, 4) is 0 Å². The lowest BCUT2D eigenvalue weighted by atomic mass is 10.1. The Morgan fingerprint density at radius 2 is 1.74 bits per heavy atom. The Kier molecular flexibility index (Phi) is 4.64. The molecule has 0 saturated heterocycles. The first-order valence-electron chi connectivity index (χ1n) is 8.73. The van der Waals surface area contributed by atoms with Gasteiger partial charge >= 0.3 is 0 Å². The number of benzene rings is 2. The number of anilines is 2. The molecule has 136 valence electrons. The molecule has 1 aromatic heterocycles. The van der Waals surface area contributed by atoms with Gasteiger partial charge in [-0.25, -0.2) is 0 Å². The van der Waals surface area contributed by atoms with Gasteiger partial charge in [-0.3, -0.25) is 9.59 Å². The molecule has 3 aromatic rings. The fraction of sp³-hybridized carbons (Fsp3) is 0.143. The fourth-order valence-corrected chi connectivity index (χ4v) is 4.09. The Morgan fingerprint density at radius 1 is 1.00 bits per heavy atom. The van der Waals surface area contributed by atoms with Crippen molar-refractivity contribution in [2.45, 2.75) is 13.0 Å². The third-order valence-corrected chi connectivity index (χ3v) is 5.78. The van der Waals surface area contributed by atoms with E-state index in [0.29, 0.717) is 9.75 Å². The van der Waals surface area contributed by atoms with Crippen molar-refractivity contribution < 1.29 is 9.59 Å². The van der Waals surface area contributed by atoms with Crippen molar-refractivity contribution in [2.75, 3.05) is 16.8 Å². The summed E-state index contributed by atoms with van der Waals surface area (Å²) in [7, 11) is 0. The quantitative estimate of drug-likeness (QED) is 0.712. The van der Waals surface area contributed by atoms with Crippen LogP contribution in [0, 0.1) is 0 Å². The van der Waals surface area contributed by atoms with Crippen molar-refractivity contribution in [1.82, 2.24) is 0 Å². The summed E-state index contributed by atoms with van der Waals surface area (Å²) in [6.07, 6.45) is 1.04. The second-order valence-corrected chi connectivity index (χ2v) is 7.52. The molecular weight excluding hydrogens is 358 g/mol. The predicted molar refractivity (Wildman–Crippen MR) is 108 cm³/mol. The lowest BCUT2D eigenvalue weighted by Crippen LogP contribution is -2.21. The Morgan fingerprint density at radius 3 is 2.56 bits per heavy atom. The van der Waals surface area contributed by atoms with Crippen LogP contribution in [0.5, 0.6) is 0 Å². The molecular formula is C21H19N3O2S. The summed E-state index contributed by atoms with van der Waals surface area (Å²) in [6.45, 7) is 1.69. The highest BCUT2D eigenvalue weighted by atomic mass is 32.1. The summed E-state index contributed by atoms with van der Waals surface area (Å²) in [5.41, 5.74) is 9.71.